The number of carbonyl (C=O) groups is 2. The number of para-hydroxylation sites is 1. The second kappa shape index (κ2) is 6.60. The van der Waals surface area contributed by atoms with Gasteiger partial charge in [-0.25, -0.2) is 0 Å². The highest BCUT2D eigenvalue weighted by molar-refractivity contribution is 7.15. The smallest absolute Gasteiger partial charge is 0.291 e. The van der Waals surface area contributed by atoms with Crippen LogP contribution < -0.4 is 20.1 Å². The largest absolute Gasteiger partial charge is 0.548 e. The normalized spacial score (nSPS) is 15.1. The number of carbonyl (C=O) groups excluding carboxylic acids is 2. The average Bonchev–Trinajstić information content (AvgIpc) is 3.34. The van der Waals surface area contributed by atoms with Crippen molar-refractivity contribution in [3.63, 3.8) is 0 Å². The van der Waals surface area contributed by atoms with Crippen LogP contribution in [0.1, 0.15) is 11.1 Å². The van der Waals surface area contributed by atoms with Gasteiger partial charge in [0.2, 0.25) is 4.96 Å². The van der Waals surface area contributed by atoms with Crippen LogP contribution in [0.25, 0.3) is 21.9 Å². The van der Waals surface area contributed by atoms with E-state index in [0.717, 1.165) is 27.4 Å². The van der Waals surface area contributed by atoms with E-state index in [4.69, 9.17) is 0 Å². The summed E-state index contributed by atoms with van der Waals surface area (Å²) >= 11 is 1.06. The standard InChI is InChI=1S/C21H14N4O4S/c1-11-6-2-3-7-12(11)18-22-21-25(23-18)20(29)17(30-21)16-13-8-4-5-9-14(13)24(19(16)28)10-15(26)27/h2-9H,10H2,1H3,(H,26,27)/p-1/b17-16-. The second-order valence-corrected chi connectivity index (χ2v) is 7.81. The van der Waals surface area contributed by atoms with Crippen LogP contribution in [0.2, 0.25) is 0 Å². The Morgan fingerprint density at radius 3 is 2.47 bits per heavy atom. The van der Waals surface area contributed by atoms with E-state index in [9.17, 15) is 19.5 Å². The highest BCUT2D eigenvalue weighted by Gasteiger charge is 2.34. The molecular weight excluding hydrogens is 404 g/mol. The fraction of sp³-hybridized carbons (Fsp3) is 0.0952. The summed E-state index contributed by atoms with van der Waals surface area (Å²) in [6, 6.07) is 14.3. The zero-order chi connectivity index (χ0) is 21.0. The molecule has 2 aromatic heterocycles. The molecule has 0 fully saturated rings. The molecule has 30 heavy (non-hydrogen) atoms. The van der Waals surface area contributed by atoms with Crippen molar-refractivity contribution in [1.82, 2.24) is 14.6 Å². The quantitative estimate of drug-likeness (QED) is 0.469. The Balaban J connectivity index is 1.73. The maximum absolute atomic E-state index is 13.1. The number of anilines is 1. The third kappa shape index (κ3) is 2.63. The van der Waals surface area contributed by atoms with Gasteiger partial charge >= 0.3 is 0 Å². The summed E-state index contributed by atoms with van der Waals surface area (Å²) in [5.74, 6) is -1.50. The van der Waals surface area contributed by atoms with Crippen LogP contribution in [-0.2, 0) is 9.59 Å². The molecular formula is C21H13N4O4S-. The van der Waals surface area contributed by atoms with Gasteiger partial charge in [-0.2, -0.15) is 9.50 Å². The molecule has 148 valence electrons. The van der Waals surface area contributed by atoms with Crippen LogP contribution in [-0.4, -0.2) is 33.0 Å². The molecule has 0 aliphatic carbocycles. The number of nitrogens with zero attached hydrogens (tertiary/aromatic N) is 4. The number of thiazole rings is 1. The van der Waals surface area contributed by atoms with Gasteiger partial charge in [-0.3, -0.25) is 9.59 Å². The summed E-state index contributed by atoms with van der Waals surface area (Å²) in [6.07, 6.45) is 0. The number of amides is 1. The zero-order valence-corrected chi connectivity index (χ0v) is 16.5. The number of fused-ring (bicyclic) bond motifs is 2. The van der Waals surface area contributed by atoms with Gasteiger partial charge in [0.15, 0.2) is 5.82 Å². The Labute approximate surface area is 173 Å². The SMILES string of the molecule is Cc1ccccc1-c1nc2s/c(=C3\C(=O)N(CC(=O)[O-])c4ccccc43)c(=O)n2n1. The monoisotopic (exact) mass is 417 g/mol. The van der Waals surface area contributed by atoms with Gasteiger partial charge in [-0.05, 0) is 18.6 Å². The van der Waals surface area contributed by atoms with Crippen LogP contribution >= 0.6 is 11.3 Å². The molecule has 9 heteroatoms. The van der Waals surface area contributed by atoms with Crippen molar-refractivity contribution in [2.24, 2.45) is 0 Å². The molecule has 4 aromatic rings. The first-order valence-corrected chi connectivity index (χ1v) is 9.88. The van der Waals surface area contributed by atoms with E-state index in [1.807, 2.05) is 31.2 Å². The lowest BCUT2D eigenvalue weighted by Gasteiger charge is -2.17. The van der Waals surface area contributed by atoms with Crippen molar-refractivity contribution in [3.05, 3.63) is 74.5 Å². The van der Waals surface area contributed by atoms with Gasteiger partial charge in [0.25, 0.3) is 11.5 Å². The Kier molecular flexibility index (Phi) is 4.00. The number of aliphatic carboxylic acids is 1. The molecule has 1 aliphatic heterocycles. The number of aromatic nitrogens is 3. The van der Waals surface area contributed by atoms with Crippen LogP contribution in [0.5, 0.6) is 0 Å². The number of carboxylic acid groups (broad SMARTS) is 1. The van der Waals surface area contributed by atoms with E-state index in [-0.39, 0.29) is 10.1 Å². The fourth-order valence-corrected chi connectivity index (χ4v) is 4.61. The summed E-state index contributed by atoms with van der Waals surface area (Å²) in [7, 11) is 0. The van der Waals surface area contributed by atoms with E-state index < -0.39 is 24.0 Å². The van der Waals surface area contributed by atoms with Crippen molar-refractivity contribution >= 4 is 39.4 Å². The van der Waals surface area contributed by atoms with Gasteiger partial charge in [0.1, 0.15) is 4.53 Å². The molecule has 1 aliphatic rings. The van der Waals surface area contributed by atoms with Gasteiger partial charge in [0.05, 0.1) is 23.8 Å². The molecule has 1 amide bonds. The minimum absolute atomic E-state index is 0.159. The predicted octanol–water partition coefficient (Wildman–Crippen LogP) is 0.141. The fourth-order valence-electron chi connectivity index (χ4n) is 3.61. The van der Waals surface area contributed by atoms with Crippen molar-refractivity contribution < 1.29 is 14.7 Å². The predicted molar refractivity (Wildman–Crippen MR) is 109 cm³/mol. The lowest BCUT2D eigenvalue weighted by molar-refractivity contribution is -0.303. The minimum atomic E-state index is -1.38. The average molecular weight is 417 g/mol. The Hall–Kier alpha value is -3.85. The Morgan fingerprint density at radius 1 is 1.07 bits per heavy atom. The Bertz CT molecular complexity index is 1470. The number of benzene rings is 2. The molecule has 0 unspecified atom stereocenters. The minimum Gasteiger partial charge on any atom is -0.548 e. The molecule has 0 saturated carbocycles. The first kappa shape index (κ1) is 18.2. The highest BCUT2D eigenvalue weighted by Crippen LogP contribution is 2.34. The first-order chi connectivity index (χ1) is 14.5. The highest BCUT2D eigenvalue weighted by atomic mass is 32.1. The van der Waals surface area contributed by atoms with E-state index >= 15 is 0 Å². The van der Waals surface area contributed by atoms with Gasteiger partial charge < -0.3 is 14.8 Å². The molecule has 0 atom stereocenters. The maximum atomic E-state index is 13.1. The van der Waals surface area contributed by atoms with Crippen LogP contribution in [0, 0.1) is 6.92 Å². The second-order valence-electron chi connectivity index (χ2n) is 6.84. The number of hydrogen-bond acceptors (Lipinski definition) is 7. The number of aryl methyl sites for hydroxylation is 1. The number of carboxylic acids is 1. The first-order valence-electron chi connectivity index (χ1n) is 9.06. The van der Waals surface area contributed by atoms with Crippen molar-refractivity contribution in [3.8, 4) is 11.4 Å². The maximum Gasteiger partial charge on any atom is 0.291 e. The molecule has 8 nitrogen and oxygen atoms in total. The third-order valence-electron chi connectivity index (χ3n) is 4.98. The molecule has 5 rings (SSSR count). The van der Waals surface area contributed by atoms with Crippen molar-refractivity contribution in [2.45, 2.75) is 6.92 Å². The summed E-state index contributed by atoms with van der Waals surface area (Å²) in [5.41, 5.74) is 2.44. The van der Waals surface area contributed by atoms with E-state index in [0.29, 0.717) is 22.0 Å². The van der Waals surface area contributed by atoms with Crippen molar-refractivity contribution in [1.29, 1.82) is 0 Å². The van der Waals surface area contributed by atoms with Gasteiger partial charge in [0, 0.05) is 11.1 Å². The summed E-state index contributed by atoms with van der Waals surface area (Å²) in [4.78, 5) is 43.1. The topological polar surface area (TPSA) is 108 Å². The number of rotatable bonds is 3. The molecule has 0 N–H and O–H groups in total. The van der Waals surface area contributed by atoms with Crippen LogP contribution in [0.15, 0.2) is 53.3 Å². The zero-order valence-electron chi connectivity index (χ0n) is 15.7. The van der Waals surface area contributed by atoms with E-state index in [1.165, 1.54) is 4.52 Å². The van der Waals surface area contributed by atoms with E-state index in [2.05, 4.69) is 10.1 Å². The summed E-state index contributed by atoms with van der Waals surface area (Å²) in [5, 5.41) is 15.5. The van der Waals surface area contributed by atoms with Crippen LogP contribution in [0.3, 0.4) is 0 Å². The van der Waals surface area contributed by atoms with E-state index in [1.54, 1.807) is 24.3 Å². The lowest BCUT2D eigenvalue weighted by atomic mass is 10.1. The summed E-state index contributed by atoms with van der Waals surface area (Å²) < 4.78 is 1.37. The van der Waals surface area contributed by atoms with Crippen LogP contribution in [0.4, 0.5) is 5.69 Å². The van der Waals surface area contributed by atoms with Gasteiger partial charge in [-0.15, -0.1) is 5.10 Å². The lowest BCUT2D eigenvalue weighted by Crippen LogP contribution is -2.40. The molecule has 0 saturated heterocycles. The Morgan fingerprint density at radius 2 is 1.77 bits per heavy atom. The van der Waals surface area contributed by atoms with Gasteiger partial charge in [-0.1, -0.05) is 53.8 Å². The number of hydrogen-bond donors (Lipinski definition) is 0. The molecule has 0 radical (unpaired) electrons. The van der Waals surface area contributed by atoms with Crippen molar-refractivity contribution in [2.75, 3.05) is 11.4 Å². The molecule has 2 aromatic carbocycles. The third-order valence-corrected chi connectivity index (χ3v) is 6.01. The summed E-state index contributed by atoms with van der Waals surface area (Å²) in [6.45, 7) is 1.34. The molecule has 3 heterocycles. The molecule has 0 spiro atoms. The molecule has 0 bridgehead atoms.